The number of benzene rings is 2. The third-order valence-corrected chi connectivity index (χ3v) is 3.67. The molecule has 0 heterocycles. The van der Waals surface area contributed by atoms with Crippen LogP contribution in [0, 0.1) is 11.6 Å². The fourth-order valence-corrected chi connectivity index (χ4v) is 2.50. The molecule has 0 aliphatic carbocycles. The van der Waals surface area contributed by atoms with E-state index in [9.17, 15) is 8.78 Å². The zero-order chi connectivity index (χ0) is 15.6. The summed E-state index contributed by atoms with van der Waals surface area (Å²) in [6.07, 6.45) is 0. The van der Waals surface area contributed by atoms with Gasteiger partial charge in [0.1, 0.15) is 0 Å². The molecule has 5 heteroatoms. The smallest absolute Gasteiger partial charge is 0.160 e. The van der Waals surface area contributed by atoms with Gasteiger partial charge in [0.15, 0.2) is 11.6 Å². The van der Waals surface area contributed by atoms with Gasteiger partial charge in [0.05, 0.1) is 5.02 Å². The van der Waals surface area contributed by atoms with Crippen molar-refractivity contribution in [2.75, 3.05) is 0 Å². The van der Waals surface area contributed by atoms with Crippen LogP contribution < -0.4 is 5.32 Å². The number of hydrogen-bond acceptors (Lipinski definition) is 1. The number of hydrogen-bond donors (Lipinski definition) is 1. The van der Waals surface area contributed by atoms with E-state index in [2.05, 4.69) is 19.2 Å². The van der Waals surface area contributed by atoms with Crippen molar-refractivity contribution in [1.29, 1.82) is 0 Å². The van der Waals surface area contributed by atoms with E-state index in [-0.39, 0.29) is 5.02 Å². The average molecular weight is 330 g/mol. The third kappa shape index (κ3) is 3.94. The Labute approximate surface area is 132 Å². The lowest BCUT2D eigenvalue weighted by atomic mass is 10.0. The molecule has 0 saturated heterocycles. The van der Waals surface area contributed by atoms with Gasteiger partial charge in [-0.05, 0) is 23.8 Å². The van der Waals surface area contributed by atoms with Crippen LogP contribution in [0.2, 0.25) is 10.0 Å². The highest BCUT2D eigenvalue weighted by Crippen LogP contribution is 2.35. The normalized spacial score (nSPS) is 11.2. The van der Waals surface area contributed by atoms with E-state index in [0.717, 1.165) is 17.7 Å². The van der Waals surface area contributed by atoms with Crippen molar-refractivity contribution in [3.05, 3.63) is 57.6 Å². The summed E-state index contributed by atoms with van der Waals surface area (Å²) in [5.74, 6) is -1.92. The first-order valence-electron chi connectivity index (χ1n) is 6.55. The molecule has 0 amide bonds. The highest BCUT2D eigenvalue weighted by atomic mass is 35.5. The molecule has 0 aliphatic rings. The van der Waals surface area contributed by atoms with Crippen LogP contribution in [0.1, 0.15) is 19.4 Å². The summed E-state index contributed by atoms with van der Waals surface area (Å²) in [6.45, 7) is 4.79. The van der Waals surface area contributed by atoms with Gasteiger partial charge in [-0.25, -0.2) is 8.78 Å². The first kappa shape index (κ1) is 16.2. The van der Waals surface area contributed by atoms with E-state index >= 15 is 0 Å². The maximum Gasteiger partial charge on any atom is 0.160 e. The second-order valence-corrected chi connectivity index (χ2v) is 5.91. The second-order valence-electron chi connectivity index (χ2n) is 5.10. The molecular formula is C16H15Cl2F2N. The van der Waals surface area contributed by atoms with E-state index in [1.807, 2.05) is 6.07 Å². The van der Waals surface area contributed by atoms with Crippen LogP contribution in [-0.4, -0.2) is 6.04 Å². The molecule has 1 nitrogen and oxygen atoms in total. The van der Waals surface area contributed by atoms with Crippen molar-refractivity contribution >= 4 is 23.2 Å². The molecule has 2 aromatic carbocycles. The first-order valence-corrected chi connectivity index (χ1v) is 7.31. The van der Waals surface area contributed by atoms with Crippen molar-refractivity contribution in [3.63, 3.8) is 0 Å². The molecule has 1 N–H and O–H groups in total. The third-order valence-electron chi connectivity index (χ3n) is 3.05. The molecule has 0 aromatic heterocycles. The van der Waals surface area contributed by atoms with Gasteiger partial charge >= 0.3 is 0 Å². The van der Waals surface area contributed by atoms with E-state index in [1.165, 1.54) is 0 Å². The minimum absolute atomic E-state index is 0.129. The van der Waals surface area contributed by atoms with Crippen molar-refractivity contribution in [3.8, 4) is 11.1 Å². The topological polar surface area (TPSA) is 12.0 Å². The predicted octanol–water partition coefficient (Wildman–Crippen LogP) is 5.44. The molecule has 0 saturated carbocycles. The van der Waals surface area contributed by atoms with Crippen LogP contribution in [0.4, 0.5) is 8.78 Å². The van der Waals surface area contributed by atoms with Gasteiger partial charge in [0.25, 0.3) is 0 Å². The van der Waals surface area contributed by atoms with Crippen molar-refractivity contribution in [2.24, 2.45) is 0 Å². The Morgan fingerprint density at radius 2 is 1.57 bits per heavy atom. The average Bonchev–Trinajstić information content (AvgIpc) is 2.41. The second kappa shape index (κ2) is 6.73. The van der Waals surface area contributed by atoms with Crippen LogP contribution in [0.25, 0.3) is 11.1 Å². The van der Waals surface area contributed by atoms with Gasteiger partial charge < -0.3 is 5.32 Å². The fourth-order valence-electron chi connectivity index (χ4n) is 1.94. The molecule has 0 aliphatic heterocycles. The Hall–Kier alpha value is -1.16. The highest BCUT2D eigenvalue weighted by Gasteiger charge is 2.13. The highest BCUT2D eigenvalue weighted by molar-refractivity contribution is 6.36. The largest absolute Gasteiger partial charge is 0.310 e. The Morgan fingerprint density at radius 1 is 0.952 bits per heavy atom. The van der Waals surface area contributed by atoms with Crippen LogP contribution in [0.3, 0.4) is 0 Å². The van der Waals surface area contributed by atoms with Crippen LogP contribution in [-0.2, 0) is 6.54 Å². The molecule has 0 fully saturated rings. The SMILES string of the molecule is CC(C)NCc1ccc(-c2cc(F)c(F)cc2Cl)c(Cl)c1. The Kier molecular flexibility index (Phi) is 5.20. The quantitative estimate of drug-likeness (QED) is 0.737. The summed E-state index contributed by atoms with van der Waals surface area (Å²) in [5.41, 5.74) is 1.97. The summed E-state index contributed by atoms with van der Waals surface area (Å²) in [4.78, 5) is 0. The molecule has 21 heavy (non-hydrogen) atoms. The zero-order valence-electron chi connectivity index (χ0n) is 11.7. The molecule has 2 rings (SSSR count). The summed E-state index contributed by atoms with van der Waals surface area (Å²) in [6, 6.07) is 7.82. The monoisotopic (exact) mass is 329 g/mol. The van der Waals surface area contributed by atoms with Crippen LogP contribution in [0.15, 0.2) is 30.3 Å². The lowest BCUT2D eigenvalue weighted by Gasteiger charge is -2.11. The lowest BCUT2D eigenvalue weighted by Crippen LogP contribution is -2.21. The van der Waals surface area contributed by atoms with Gasteiger partial charge in [-0.1, -0.05) is 49.2 Å². The van der Waals surface area contributed by atoms with Gasteiger partial charge in [-0.2, -0.15) is 0 Å². The maximum absolute atomic E-state index is 13.4. The molecule has 0 atom stereocenters. The van der Waals surface area contributed by atoms with Gasteiger partial charge in [-0.3, -0.25) is 0 Å². The van der Waals surface area contributed by atoms with E-state index in [0.29, 0.717) is 28.7 Å². The molecule has 112 valence electrons. The Morgan fingerprint density at radius 3 is 2.19 bits per heavy atom. The summed E-state index contributed by atoms with van der Waals surface area (Å²) in [7, 11) is 0. The van der Waals surface area contributed by atoms with E-state index in [1.54, 1.807) is 12.1 Å². The minimum Gasteiger partial charge on any atom is -0.310 e. The van der Waals surface area contributed by atoms with Crippen LogP contribution in [0.5, 0.6) is 0 Å². The molecule has 2 aromatic rings. The minimum atomic E-state index is -0.974. The first-order chi connectivity index (χ1) is 9.88. The van der Waals surface area contributed by atoms with Gasteiger partial charge in [-0.15, -0.1) is 0 Å². The molecule has 0 spiro atoms. The Balaban J connectivity index is 2.35. The van der Waals surface area contributed by atoms with Crippen LogP contribution >= 0.6 is 23.2 Å². The lowest BCUT2D eigenvalue weighted by molar-refractivity contribution is 0.509. The fraction of sp³-hybridized carbons (Fsp3) is 0.250. The molecule has 0 radical (unpaired) electrons. The standard InChI is InChI=1S/C16H15Cl2F2N/c1-9(2)21-8-10-3-4-11(13(17)5-10)12-6-15(19)16(20)7-14(12)18/h3-7,9,21H,8H2,1-2H3. The number of halogens is 4. The number of nitrogens with one attached hydrogen (secondary N) is 1. The summed E-state index contributed by atoms with van der Waals surface area (Å²) >= 11 is 12.2. The van der Waals surface area contributed by atoms with Gasteiger partial charge in [0.2, 0.25) is 0 Å². The predicted molar refractivity (Wildman–Crippen MR) is 83.8 cm³/mol. The maximum atomic E-state index is 13.4. The molecule has 0 bridgehead atoms. The van der Waals surface area contributed by atoms with E-state index < -0.39 is 11.6 Å². The molecular weight excluding hydrogens is 315 g/mol. The Bertz CT molecular complexity index is 657. The van der Waals surface area contributed by atoms with E-state index in [4.69, 9.17) is 23.2 Å². The van der Waals surface area contributed by atoms with Gasteiger partial charge in [0, 0.05) is 28.7 Å². The summed E-state index contributed by atoms with van der Waals surface area (Å²) in [5, 5.41) is 3.86. The summed E-state index contributed by atoms with van der Waals surface area (Å²) < 4.78 is 26.5. The van der Waals surface area contributed by atoms with Crippen molar-refractivity contribution in [1.82, 2.24) is 5.32 Å². The van der Waals surface area contributed by atoms with Crippen molar-refractivity contribution < 1.29 is 8.78 Å². The van der Waals surface area contributed by atoms with Crippen molar-refractivity contribution in [2.45, 2.75) is 26.4 Å². The zero-order valence-corrected chi connectivity index (χ0v) is 13.2. The molecule has 0 unspecified atom stereocenters. The number of rotatable bonds is 4.